The van der Waals surface area contributed by atoms with Crippen molar-refractivity contribution in [3.8, 4) is 5.75 Å². The fraction of sp³-hybridized carbons (Fsp3) is 0.409. The minimum absolute atomic E-state index is 0.115. The number of nitrogens with one attached hydrogen (secondary N) is 1. The topological polar surface area (TPSA) is 75.7 Å². The monoisotopic (exact) mass is 416 g/mol. The maximum atomic E-state index is 13.1. The van der Waals surface area contributed by atoms with Crippen molar-refractivity contribution in [3.05, 3.63) is 59.7 Å². The van der Waals surface area contributed by atoms with E-state index in [1.807, 2.05) is 38.1 Å². The predicted molar refractivity (Wildman–Crippen MR) is 112 cm³/mol. The lowest BCUT2D eigenvalue weighted by Gasteiger charge is -2.38. The Morgan fingerprint density at radius 2 is 1.86 bits per heavy atom. The highest BCUT2D eigenvalue weighted by molar-refractivity contribution is 7.89. The number of hydrogen-bond acceptors (Lipinski definition) is 4. The molecule has 0 aromatic heterocycles. The highest BCUT2D eigenvalue weighted by atomic mass is 32.2. The second-order valence-electron chi connectivity index (χ2n) is 7.79. The largest absolute Gasteiger partial charge is 0.497 e. The van der Waals surface area contributed by atoms with Crippen LogP contribution in [0.4, 0.5) is 0 Å². The molecule has 7 heteroatoms. The van der Waals surface area contributed by atoms with Crippen LogP contribution in [-0.4, -0.2) is 38.8 Å². The third kappa shape index (κ3) is 4.62. The first kappa shape index (κ1) is 21.3. The van der Waals surface area contributed by atoms with Gasteiger partial charge in [-0.25, -0.2) is 8.42 Å². The Labute approximate surface area is 172 Å². The number of nitrogens with zero attached hydrogens (tertiary/aromatic N) is 1. The smallest absolute Gasteiger partial charge is 0.243 e. The number of carbonyl (C=O) groups excluding carboxylic acids is 1. The number of ether oxygens (including phenoxy) is 1. The first-order valence-electron chi connectivity index (χ1n) is 9.73. The SMILES string of the molecule is COc1ccc(S(=O)(=O)N2CCC[C@](C)(C(=O)NCc3ccccc3C)C2)cc1. The predicted octanol–water partition coefficient (Wildman–Crippen LogP) is 3.11. The van der Waals surface area contributed by atoms with Gasteiger partial charge >= 0.3 is 0 Å². The van der Waals surface area contributed by atoms with Crippen LogP contribution in [0.5, 0.6) is 5.75 Å². The van der Waals surface area contributed by atoms with Gasteiger partial charge in [-0.1, -0.05) is 24.3 Å². The van der Waals surface area contributed by atoms with E-state index in [0.29, 0.717) is 31.7 Å². The highest BCUT2D eigenvalue weighted by Crippen LogP contribution is 2.33. The van der Waals surface area contributed by atoms with Crippen molar-refractivity contribution < 1.29 is 17.9 Å². The summed E-state index contributed by atoms with van der Waals surface area (Å²) in [4.78, 5) is 13.2. The number of sulfonamides is 1. The lowest BCUT2D eigenvalue weighted by atomic mass is 9.82. The van der Waals surface area contributed by atoms with Crippen LogP contribution < -0.4 is 10.1 Å². The zero-order chi connectivity index (χ0) is 21.1. The third-order valence-electron chi connectivity index (χ3n) is 5.61. The molecule has 2 aromatic rings. The number of aryl methyl sites for hydroxylation is 1. The van der Waals surface area contributed by atoms with E-state index in [9.17, 15) is 13.2 Å². The minimum Gasteiger partial charge on any atom is -0.497 e. The Kier molecular flexibility index (Phi) is 6.29. The first-order chi connectivity index (χ1) is 13.8. The van der Waals surface area contributed by atoms with Gasteiger partial charge in [0.2, 0.25) is 15.9 Å². The van der Waals surface area contributed by atoms with Crippen molar-refractivity contribution in [2.75, 3.05) is 20.2 Å². The molecular formula is C22H28N2O4S. The Bertz CT molecular complexity index is 973. The van der Waals surface area contributed by atoms with E-state index in [1.54, 1.807) is 24.3 Å². The van der Waals surface area contributed by atoms with Crippen LogP contribution in [-0.2, 0) is 21.4 Å². The van der Waals surface area contributed by atoms with Gasteiger partial charge in [-0.2, -0.15) is 4.31 Å². The Morgan fingerprint density at radius 3 is 2.52 bits per heavy atom. The lowest BCUT2D eigenvalue weighted by molar-refractivity contribution is -0.132. The number of methoxy groups -OCH3 is 1. The molecule has 1 fully saturated rings. The van der Waals surface area contributed by atoms with Crippen LogP contribution in [0.25, 0.3) is 0 Å². The minimum atomic E-state index is -3.67. The highest BCUT2D eigenvalue weighted by Gasteiger charge is 2.41. The van der Waals surface area contributed by atoms with Gasteiger partial charge in [0.05, 0.1) is 17.4 Å². The number of piperidine rings is 1. The third-order valence-corrected chi connectivity index (χ3v) is 7.47. The van der Waals surface area contributed by atoms with Crippen molar-refractivity contribution in [1.29, 1.82) is 0 Å². The summed E-state index contributed by atoms with van der Waals surface area (Å²) in [7, 11) is -2.13. The zero-order valence-electron chi connectivity index (χ0n) is 17.1. The van der Waals surface area contributed by atoms with Gasteiger partial charge in [0.1, 0.15) is 5.75 Å². The lowest BCUT2D eigenvalue weighted by Crippen LogP contribution is -2.51. The van der Waals surface area contributed by atoms with Gasteiger partial charge in [0.15, 0.2) is 0 Å². The van der Waals surface area contributed by atoms with E-state index in [4.69, 9.17) is 4.74 Å². The number of benzene rings is 2. The van der Waals surface area contributed by atoms with Gasteiger partial charge in [-0.15, -0.1) is 0 Å². The van der Waals surface area contributed by atoms with Gasteiger partial charge in [0.25, 0.3) is 0 Å². The summed E-state index contributed by atoms with van der Waals surface area (Å²) in [6, 6.07) is 14.2. The van der Waals surface area contributed by atoms with E-state index in [-0.39, 0.29) is 17.3 Å². The Morgan fingerprint density at radius 1 is 1.17 bits per heavy atom. The van der Waals surface area contributed by atoms with Crippen LogP contribution in [0.15, 0.2) is 53.4 Å². The normalized spacial score (nSPS) is 20.2. The molecule has 1 aliphatic rings. The summed E-state index contributed by atoms with van der Waals surface area (Å²) in [6.07, 6.45) is 1.30. The van der Waals surface area contributed by atoms with Crippen molar-refractivity contribution in [1.82, 2.24) is 9.62 Å². The molecule has 1 atom stereocenters. The van der Waals surface area contributed by atoms with Crippen molar-refractivity contribution in [3.63, 3.8) is 0 Å². The molecule has 0 radical (unpaired) electrons. The van der Waals surface area contributed by atoms with Crippen LogP contribution in [0, 0.1) is 12.3 Å². The number of rotatable bonds is 6. The molecule has 1 saturated heterocycles. The molecule has 0 aliphatic carbocycles. The summed E-state index contributed by atoms with van der Waals surface area (Å²) in [5.74, 6) is 0.485. The van der Waals surface area contributed by atoms with Crippen molar-refractivity contribution in [2.24, 2.45) is 5.41 Å². The van der Waals surface area contributed by atoms with Gasteiger partial charge in [0, 0.05) is 19.6 Å². The molecule has 2 aromatic carbocycles. The van der Waals surface area contributed by atoms with Crippen LogP contribution in [0.3, 0.4) is 0 Å². The molecule has 156 valence electrons. The summed E-state index contributed by atoms with van der Waals surface area (Å²) in [5, 5.41) is 3.00. The van der Waals surface area contributed by atoms with Gasteiger partial charge < -0.3 is 10.1 Å². The second kappa shape index (κ2) is 8.55. The van der Waals surface area contributed by atoms with E-state index in [2.05, 4.69) is 5.32 Å². The Hall–Kier alpha value is -2.38. The molecule has 1 heterocycles. The summed E-state index contributed by atoms with van der Waals surface area (Å²) < 4.78 is 32.7. The molecular weight excluding hydrogens is 388 g/mol. The summed E-state index contributed by atoms with van der Waals surface area (Å²) >= 11 is 0. The number of carbonyl (C=O) groups is 1. The summed E-state index contributed by atoms with van der Waals surface area (Å²) in [5.41, 5.74) is 1.41. The van der Waals surface area contributed by atoms with E-state index < -0.39 is 15.4 Å². The molecule has 3 rings (SSSR count). The average Bonchev–Trinajstić information content (AvgIpc) is 2.73. The molecule has 29 heavy (non-hydrogen) atoms. The maximum Gasteiger partial charge on any atom is 0.243 e. The molecule has 1 amide bonds. The standard InChI is InChI=1S/C22H28N2O4S/c1-17-7-4-5-8-18(17)15-23-21(25)22(2)13-6-14-24(16-22)29(26,27)20-11-9-19(28-3)10-12-20/h4-5,7-12H,6,13-16H2,1-3H3,(H,23,25)/t22-/m0/s1. The van der Waals surface area contributed by atoms with E-state index >= 15 is 0 Å². The van der Waals surface area contributed by atoms with E-state index in [0.717, 1.165) is 11.1 Å². The quantitative estimate of drug-likeness (QED) is 0.785. The summed E-state index contributed by atoms with van der Waals surface area (Å²) in [6.45, 7) is 4.87. The molecule has 0 bridgehead atoms. The Balaban J connectivity index is 1.72. The molecule has 0 saturated carbocycles. The second-order valence-corrected chi connectivity index (χ2v) is 9.73. The first-order valence-corrected chi connectivity index (χ1v) is 11.2. The van der Waals surface area contributed by atoms with Crippen LogP contribution in [0.1, 0.15) is 30.9 Å². The molecule has 0 unspecified atom stereocenters. The number of hydrogen-bond donors (Lipinski definition) is 1. The van der Waals surface area contributed by atoms with Gasteiger partial charge in [-0.3, -0.25) is 4.79 Å². The average molecular weight is 417 g/mol. The molecule has 1 N–H and O–H groups in total. The molecule has 0 spiro atoms. The van der Waals surface area contributed by atoms with E-state index in [1.165, 1.54) is 11.4 Å². The van der Waals surface area contributed by atoms with Gasteiger partial charge in [-0.05, 0) is 62.1 Å². The molecule has 1 aliphatic heterocycles. The van der Waals surface area contributed by atoms with Crippen LogP contribution >= 0.6 is 0 Å². The zero-order valence-corrected chi connectivity index (χ0v) is 18.0. The number of amides is 1. The van der Waals surface area contributed by atoms with Crippen LogP contribution in [0.2, 0.25) is 0 Å². The fourth-order valence-electron chi connectivity index (χ4n) is 3.68. The molecule has 6 nitrogen and oxygen atoms in total. The maximum absolute atomic E-state index is 13.1. The fourth-order valence-corrected chi connectivity index (χ4v) is 5.28. The van der Waals surface area contributed by atoms with Crippen molar-refractivity contribution in [2.45, 2.75) is 38.1 Å². The van der Waals surface area contributed by atoms with Crippen molar-refractivity contribution >= 4 is 15.9 Å².